The monoisotopic (exact) mass is 316 g/mol. The van der Waals surface area contributed by atoms with Crippen LogP contribution in [0.1, 0.15) is 16.8 Å². The zero-order valence-electron chi connectivity index (χ0n) is 13.3. The van der Waals surface area contributed by atoms with E-state index in [1.54, 1.807) is 12.1 Å². The van der Waals surface area contributed by atoms with E-state index in [1.807, 2.05) is 14.1 Å². The van der Waals surface area contributed by atoms with E-state index in [0.717, 1.165) is 25.3 Å². The summed E-state index contributed by atoms with van der Waals surface area (Å²) in [5, 5.41) is 5.91. The molecule has 0 fully saturated rings. The molecule has 6 heteroatoms. The molecule has 2 aromatic rings. The van der Waals surface area contributed by atoms with Crippen LogP contribution in [-0.4, -0.2) is 43.0 Å². The normalized spacial score (nSPS) is 10.6. The second-order valence-electron chi connectivity index (χ2n) is 5.48. The van der Waals surface area contributed by atoms with Gasteiger partial charge in [0.15, 0.2) is 0 Å². The van der Waals surface area contributed by atoms with Gasteiger partial charge in [-0.3, -0.25) is 4.79 Å². The van der Waals surface area contributed by atoms with Crippen LogP contribution in [0.2, 0.25) is 0 Å². The van der Waals surface area contributed by atoms with Gasteiger partial charge >= 0.3 is 0 Å². The van der Waals surface area contributed by atoms with Crippen LogP contribution in [0.15, 0.2) is 42.6 Å². The molecule has 23 heavy (non-hydrogen) atoms. The van der Waals surface area contributed by atoms with Crippen molar-refractivity contribution in [1.29, 1.82) is 0 Å². The molecule has 0 unspecified atom stereocenters. The van der Waals surface area contributed by atoms with Crippen molar-refractivity contribution in [3.63, 3.8) is 0 Å². The number of nitrogens with zero attached hydrogens (tertiary/aromatic N) is 2. The maximum Gasteiger partial charge on any atom is 0.257 e. The highest BCUT2D eigenvalue weighted by Crippen LogP contribution is 2.11. The van der Waals surface area contributed by atoms with Crippen LogP contribution in [0.4, 0.5) is 15.9 Å². The average molecular weight is 316 g/mol. The molecule has 0 atom stereocenters. The lowest BCUT2D eigenvalue weighted by Crippen LogP contribution is -2.17. The summed E-state index contributed by atoms with van der Waals surface area (Å²) in [5.41, 5.74) is 0.996. The summed E-state index contributed by atoms with van der Waals surface area (Å²) in [4.78, 5) is 18.4. The molecule has 0 saturated carbocycles. The molecular formula is C17H21FN4O. The molecule has 0 spiro atoms. The number of aromatic nitrogens is 1. The fourth-order valence-corrected chi connectivity index (χ4v) is 1.98. The molecule has 1 aromatic carbocycles. The van der Waals surface area contributed by atoms with E-state index in [-0.39, 0.29) is 11.7 Å². The van der Waals surface area contributed by atoms with Gasteiger partial charge in [0.1, 0.15) is 11.6 Å². The van der Waals surface area contributed by atoms with Gasteiger partial charge in [0.05, 0.1) is 5.56 Å². The Hall–Kier alpha value is -2.47. The third kappa shape index (κ3) is 5.67. The van der Waals surface area contributed by atoms with Gasteiger partial charge in [-0.25, -0.2) is 9.37 Å². The van der Waals surface area contributed by atoms with Crippen molar-refractivity contribution >= 4 is 17.4 Å². The minimum absolute atomic E-state index is 0.275. The maximum absolute atomic E-state index is 12.8. The minimum atomic E-state index is -0.339. The fourth-order valence-electron chi connectivity index (χ4n) is 1.98. The third-order valence-corrected chi connectivity index (χ3v) is 3.22. The van der Waals surface area contributed by atoms with Crippen LogP contribution >= 0.6 is 0 Å². The number of rotatable bonds is 7. The number of nitrogens with one attached hydrogen (secondary N) is 2. The van der Waals surface area contributed by atoms with Gasteiger partial charge < -0.3 is 15.5 Å². The quantitative estimate of drug-likeness (QED) is 0.771. The lowest BCUT2D eigenvalue weighted by atomic mass is 10.2. The molecule has 0 bridgehead atoms. The largest absolute Gasteiger partial charge is 0.370 e. The molecule has 1 amide bonds. The molecular weight excluding hydrogens is 295 g/mol. The Morgan fingerprint density at radius 2 is 1.91 bits per heavy atom. The van der Waals surface area contributed by atoms with Crippen molar-refractivity contribution in [2.24, 2.45) is 0 Å². The van der Waals surface area contributed by atoms with Crippen molar-refractivity contribution in [3.8, 4) is 0 Å². The zero-order valence-corrected chi connectivity index (χ0v) is 13.3. The number of hydrogen-bond donors (Lipinski definition) is 2. The second kappa shape index (κ2) is 8.24. The summed E-state index contributed by atoms with van der Waals surface area (Å²) in [6.07, 6.45) is 2.54. The Morgan fingerprint density at radius 3 is 2.52 bits per heavy atom. The van der Waals surface area contributed by atoms with Crippen LogP contribution in [0.3, 0.4) is 0 Å². The molecule has 0 aliphatic rings. The molecule has 0 aliphatic heterocycles. The number of benzene rings is 1. The highest BCUT2D eigenvalue weighted by Gasteiger charge is 2.07. The first-order chi connectivity index (χ1) is 11.0. The van der Waals surface area contributed by atoms with E-state index in [0.29, 0.717) is 11.3 Å². The van der Waals surface area contributed by atoms with Gasteiger partial charge in [0.2, 0.25) is 0 Å². The molecule has 122 valence electrons. The summed E-state index contributed by atoms with van der Waals surface area (Å²) in [5.74, 6) is 0.125. The van der Waals surface area contributed by atoms with Crippen LogP contribution in [0, 0.1) is 5.82 Å². The average Bonchev–Trinajstić information content (AvgIpc) is 2.54. The van der Waals surface area contributed by atoms with Gasteiger partial charge in [-0.05, 0) is 63.5 Å². The Kier molecular flexibility index (Phi) is 6.05. The topological polar surface area (TPSA) is 57.3 Å². The number of halogens is 1. The molecule has 0 radical (unpaired) electrons. The third-order valence-electron chi connectivity index (χ3n) is 3.22. The smallest absolute Gasteiger partial charge is 0.257 e. The van der Waals surface area contributed by atoms with Crippen molar-refractivity contribution in [2.45, 2.75) is 6.42 Å². The number of pyridine rings is 1. The summed E-state index contributed by atoms with van der Waals surface area (Å²) < 4.78 is 12.8. The molecule has 1 aromatic heterocycles. The molecule has 1 heterocycles. The minimum Gasteiger partial charge on any atom is -0.370 e. The van der Waals surface area contributed by atoms with E-state index in [9.17, 15) is 9.18 Å². The van der Waals surface area contributed by atoms with Gasteiger partial charge in [-0.2, -0.15) is 0 Å². The van der Waals surface area contributed by atoms with Crippen LogP contribution in [-0.2, 0) is 0 Å². The van der Waals surface area contributed by atoms with Crippen LogP contribution in [0.25, 0.3) is 0 Å². The van der Waals surface area contributed by atoms with Crippen molar-refractivity contribution < 1.29 is 9.18 Å². The van der Waals surface area contributed by atoms with Crippen LogP contribution < -0.4 is 10.6 Å². The molecule has 0 aliphatic carbocycles. The van der Waals surface area contributed by atoms with Crippen molar-refractivity contribution in [1.82, 2.24) is 9.88 Å². The molecule has 0 saturated heterocycles. The van der Waals surface area contributed by atoms with E-state index in [2.05, 4.69) is 20.5 Å². The van der Waals surface area contributed by atoms with Crippen LogP contribution in [0.5, 0.6) is 0 Å². The first-order valence-corrected chi connectivity index (χ1v) is 7.46. The van der Waals surface area contributed by atoms with Gasteiger partial charge in [-0.1, -0.05) is 0 Å². The lowest BCUT2D eigenvalue weighted by molar-refractivity contribution is 0.102. The number of hydrogen-bond acceptors (Lipinski definition) is 4. The summed E-state index contributed by atoms with van der Waals surface area (Å²) in [7, 11) is 4.07. The Bertz CT molecular complexity index is 626. The lowest BCUT2D eigenvalue weighted by Gasteiger charge is -2.10. The number of carbonyl (C=O) groups is 1. The summed E-state index contributed by atoms with van der Waals surface area (Å²) >= 11 is 0. The van der Waals surface area contributed by atoms with E-state index in [1.165, 1.54) is 30.5 Å². The molecule has 2 N–H and O–H groups in total. The first kappa shape index (κ1) is 16.9. The number of anilines is 2. The van der Waals surface area contributed by atoms with Gasteiger partial charge in [0.25, 0.3) is 5.91 Å². The highest BCUT2D eigenvalue weighted by molar-refractivity contribution is 6.04. The summed E-state index contributed by atoms with van der Waals surface area (Å²) in [6, 6.07) is 9.11. The molecule has 5 nitrogen and oxygen atoms in total. The number of carbonyl (C=O) groups excluding carboxylic acids is 1. The standard InChI is InChI=1S/C17H21FN4O/c1-22(2)11-3-10-19-16-9-4-13(12-20-16)17(23)21-15-7-5-14(18)6-8-15/h4-9,12H,3,10-11H2,1-2H3,(H,19,20)(H,21,23). The van der Waals surface area contributed by atoms with Crippen molar-refractivity contribution in [3.05, 3.63) is 54.0 Å². The second-order valence-corrected chi connectivity index (χ2v) is 5.48. The van der Waals surface area contributed by atoms with Crippen molar-refractivity contribution in [2.75, 3.05) is 37.8 Å². The Labute approximate surface area is 135 Å². The van der Waals surface area contributed by atoms with E-state index >= 15 is 0 Å². The van der Waals surface area contributed by atoms with Gasteiger partial charge in [0, 0.05) is 18.4 Å². The van der Waals surface area contributed by atoms with E-state index < -0.39 is 0 Å². The predicted molar refractivity (Wildman–Crippen MR) is 90.3 cm³/mol. The maximum atomic E-state index is 12.8. The SMILES string of the molecule is CN(C)CCCNc1ccc(C(=O)Nc2ccc(F)cc2)cn1. The van der Waals surface area contributed by atoms with E-state index in [4.69, 9.17) is 0 Å². The fraction of sp³-hybridized carbons (Fsp3) is 0.294. The Morgan fingerprint density at radius 1 is 1.17 bits per heavy atom. The Balaban J connectivity index is 1.86. The zero-order chi connectivity index (χ0) is 16.7. The predicted octanol–water partition coefficient (Wildman–Crippen LogP) is 2.84. The molecule has 2 rings (SSSR count). The number of amides is 1. The summed E-state index contributed by atoms with van der Waals surface area (Å²) in [6.45, 7) is 1.83. The first-order valence-electron chi connectivity index (χ1n) is 7.46. The van der Waals surface area contributed by atoms with Gasteiger partial charge in [-0.15, -0.1) is 0 Å². The highest BCUT2D eigenvalue weighted by atomic mass is 19.1.